The van der Waals surface area contributed by atoms with Crippen molar-refractivity contribution in [1.29, 1.82) is 5.26 Å². The Labute approximate surface area is 143 Å². The molecule has 1 aliphatic heterocycles. The van der Waals surface area contributed by atoms with Gasteiger partial charge in [-0.3, -0.25) is 4.90 Å². The fourth-order valence-electron chi connectivity index (χ4n) is 3.47. The number of methoxy groups -OCH3 is 1. The molecule has 0 saturated carbocycles. The van der Waals surface area contributed by atoms with Gasteiger partial charge in [-0.1, -0.05) is 12.1 Å². The highest BCUT2D eigenvalue weighted by Gasteiger charge is 2.24. The fourth-order valence-corrected chi connectivity index (χ4v) is 3.47. The maximum absolute atomic E-state index is 9.05. The number of benzene rings is 1. The van der Waals surface area contributed by atoms with Crippen molar-refractivity contribution in [2.24, 2.45) is 0 Å². The highest BCUT2D eigenvalue weighted by atomic mass is 16.5. The fraction of sp³-hybridized carbons (Fsp3) is 0.474. The molecule has 2 heterocycles. The van der Waals surface area contributed by atoms with Crippen LogP contribution in [0.4, 0.5) is 0 Å². The molecule has 0 N–H and O–H groups in total. The van der Waals surface area contributed by atoms with Crippen LogP contribution in [-0.4, -0.2) is 41.3 Å². The summed E-state index contributed by atoms with van der Waals surface area (Å²) < 4.78 is 7.41. The number of nitriles is 1. The first-order valence-electron chi connectivity index (χ1n) is 8.51. The third kappa shape index (κ3) is 4.02. The van der Waals surface area contributed by atoms with Crippen LogP contribution in [0.5, 0.6) is 0 Å². The topological polar surface area (TPSA) is 54.1 Å². The lowest BCUT2D eigenvalue weighted by atomic mass is 9.96. The van der Waals surface area contributed by atoms with Crippen LogP contribution in [0.15, 0.2) is 36.7 Å². The Hall–Kier alpha value is -2.16. The van der Waals surface area contributed by atoms with Gasteiger partial charge in [-0.2, -0.15) is 5.26 Å². The Bertz CT molecular complexity index is 703. The van der Waals surface area contributed by atoms with Crippen LogP contribution in [0.2, 0.25) is 0 Å². The Morgan fingerprint density at radius 3 is 3.17 bits per heavy atom. The minimum atomic E-state index is 0.463. The normalized spacial score (nSPS) is 18.4. The minimum absolute atomic E-state index is 0.463. The molecule has 1 atom stereocenters. The summed E-state index contributed by atoms with van der Waals surface area (Å²) in [7, 11) is 1.73. The number of hydrogen-bond acceptors (Lipinski definition) is 4. The average molecular weight is 324 g/mol. The molecule has 0 amide bonds. The van der Waals surface area contributed by atoms with Crippen LogP contribution in [0, 0.1) is 11.3 Å². The van der Waals surface area contributed by atoms with Gasteiger partial charge in [0.25, 0.3) is 0 Å². The molecule has 1 aromatic carbocycles. The number of hydrogen-bond donors (Lipinski definition) is 0. The summed E-state index contributed by atoms with van der Waals surface area (Å²) >= 11 is 0. The molecule has 1 saturated heterocycles. The lowest BCUT2D eigenvalue weighted by Gasteiger charge is -2.32. The Morgan fingerprint density at radius 2 is 2.33 bits per heavy atom. The monoisotopic (exact) mass is 324 g/mol. The van der Waals surface area contributed by atoms with Crippen molar-refractivity contribution in [3.63, 3.8) is 0 Å². The summed E-state index contributed by atoms with van der Waals surface area (Å²) in [5, 5.41) is 9.05. The van der Waals surface area contributed by atoms with E-state index in [0.717, 1.165) is 31.7 Å². The zero-order valence-electron chi connectivity index (χ0n) is 14.2. The average Bonchev–Trinajstić information content (AvgIpc) is 3.09. The Morgan fingerprint density at radius 1 is 1.42 bits per heavy atom. The highest BCUT2D eigenvalue weighted by Crippen LogP contribution is 2.27. The molecule has 0 unspecified atom stereocenters. The second kappa shape index (κ2) is 8.09. The zero-order chi connectivity index (χ0) is 16.8. The van der Waals surface area contributed by atoms with Gasteiger partial charge in [0.15, 0.2) is 0 Å². The molecule has 3 rings (SSSR count). The number of piperidine rings is 1. The van der Waals surface area contributed by atoms with Crippen molar-refractivity contribution >= 4 is 0 Å². The smallest absolute Gasteiger partial charge is 0.113 e. The highest BCUT2D eigenvalue weighted by molar-refractivity contribution is 5.32. The van der Waals surface area contributed by atoms with Crippen molar-refractivity contribution < 1.29 is 4.74 Å². The maximum atomic E-state index is 9.05. The van der Waals surface area contributed by atoms with Crippen LogP contribution in [0.3, 0.4) is 0 Å². The van der Waals surface area contributed by atoms with Crippen molar-refractivity contribution in [3.8, 4) is 6.07 Å². The first kappa shape index (κ1) is 16.7. The molecule has 1 aliphatic rings. The second-order valence-corrected chi connectivity index (χ2v) is 6.36. The van der Waals surface area contributed by atoms with E-state index in [4.69, 9.17) is 10.00 Å². The molecule has 0 bridgehead atoms. The van der Waals surface area contributed by atoms with E-state index in [2.05, 4.69) is 26.6 Å². The van der Waals surface area contributed by atoms with Crippen molar-refractivity contribution in [1.82, 2.24) is 14.5 Å². The number of ether oxygens (including phenoxy) is 1. The molecule has 1 aromatic heterocycles. The van der Waals surface area contributed by atoms with Crippen LogP contribution in [-0.2, 0) is 17.8 Å². The summed E-state index contributed by atoms with van der Waals surface area (Å²) in [5.41, 5.74) is 1.94. The third-order valence-corrected chi connectivity index (χ3v) is 4.62. The van der Waals surface area contributed by atoms with E-state index in [9.17, 15) is 0 Å². The predicted octanol–water partition coefficient (Wildman–Crippen LogP) is 2.78. The molecule has 0 spiro atoms. The van der Waals surface area contributed by atoms with Crippen molar-refractivity contribution in [2.45, 2.75) is 31.8 Å². The van der Waals surface area contributed by atoms with E-state index < -0.39 is 0 Å². The van der Waals surface area contributed by atoms with Gasteiger partial charge in [0.1, 0.15) is 5.82 Å². The molecule has 1 fully saturated rings. The van der Waals surface area contributed by atoms with Crippen LogP contribution >= 0.6 is 0 Å². The van der Waals surface area contributed by atoms with Crippen LogP contribution in [0.1, 0.15) is 35.7 Å². The number of rotatable bonds is 6. The summed E-state index contributed by atoms with van der Waals surface area (Å²) in [6.45, 7) is 4.57. The first-order valence-corrected chi connectivity index (χ1v) is 8.51. The Balaban J connectivity index is 1.66. The molecular formula is C19H24N4O. The minimum Gasteiger partial charge on any atom is -0.383 e. The van der Waals surface area contributed by atoms with Gasteiger partial charge in [0.2, 0.25) is 0 Å². The van der Waals surface area contributed by atoms with Crippen LogP contribution in [0.25, 0.3) is 0 Å². The number of likely N-dealkylation sites (tertiary alicyclic amines) is 1. The van der Waals surface area contributed by atoms with Gasteiger partial charge in [-0.05, 0) is 37.1 Å². The lowest BCUT2D eigenvalue weighted by Crippen LogP contribution is -2.35. The molecule has 5 nitrogen and oxygen atoms in total. The van der Waals surface area contributed by atoms with Crippen molar-refractivity contribution in [2.75, 3.05) is 26.8 Å². The number of nitrogens with zero attached hydrogens (tertiary/aromatic N) is 4. The molecule has 126 valence electrons. The van der Waals surface area contributed by atoms with E-state index in [-0.39, 0.29) is 0 Å². The van der Waals surface area contributed by atoms with Crippen molar-refractivity contribution in [3.05, 3.63) is 53.6 Å². The van der Waals surface area contributed by atoms with Crippen LogP contribution < -0.4 is 0 Å². The maximum Gasteiger partial charge on any atom is 0.113 e. The summed E-state index contributed by atoms with van der Waals surface area (Å²) in [5.74, 6) is 1.63. The van der Waals surface area contributed by atoms with Gasteiger partial charge < -0.3 is 9.30 Å². The first-order chi connectivity index (χ1) is 11.8. The standard InChI is InChI=1S/C19H24N4O/c1-24-11-10-23-9-7-21-19(23)18-6-3-8-22(15-18)14-17-5-2-4-16(12-17)13-20/h2,4-5,7,9,12,18H,3,6,8,10-11,14-15H2,1H3/t18-/m1/s1. The molecule has 0 aliphatic carbocycles. The quantitative estimate of drug-likeness (QED) is 0.820. The predicted molar refractivity (Wildman–Crippen MR) is 92.5 cm³/mol. The van der Waals surface area contributed by atoms with E-state index in [0.29, 0.717) is 12.5 Å². The molecule has 0 radical (unpaired) electrons. The molecular weight excluding hydrogens is 300 g/mol. The van der Waals surface area contributed by atoms with Gasteiger partial charge in [0, 0.05) is 45.1 Å². The van der Waals surface area contributed by atoms with E-state index in [1.165, 1.54) is 24.2 Å². The van der Waals surface area contributed by atoms with E-state index >= 15 is 0 Å². The summed E-state index contributed by atoms with van der Waals surface area (Å²) in [6, 6.07) is 10.1. The van der Waals surface area contributed by atoms with E-state index in [1.54, 1.807) is 7.11 Å². The Kier molecular flexibility index (Phi) is 5.63. The van der Waals surface area contributed by atoms with Gasteiger partial charge >= 0.3 is 0 Å². The number of aromatic nitrogens is 2. The molecule has 5 heteroatoms. The molecule has 24 heavy (non-hydrogen) atoms. The third-order valence-electron chi connectivity index (χ3n) is 4.62. The summed E-state index contributed by atoms with van der Waals surface area (Å²) in [6.07, 6.45) is 6.29. The van der Waals surface area contributed by atoms with Gasteiger partial charge in [-0.15, -0.1) is 0 Å². The SMILES string of the molecule is COCCn1ccnc1[C@@H]1CCCN(Cc2cccc(C#N)c2)C1. The van der Waals surface area contributed by atoms with Gasteiger partial charge in [-0.25, -0.2) is 4.98 Å². The molecule has 2 aromatic rings. The summed E-state index contributed by atoms with van der Waals surface area (Å²) in [4.78, 5) is 7.07. The number of imidazole rings is 1. The lowest BCUT2D eigenvalue weighted by molar-refractivity contribution is 0.177. The van der Waals surface area contributed by atoms with Gasteiger partial charge in [0.05, 0.1) is 18.2 Å². The zero-order valence-corrected chi connectivity index (χ0v) is 14.2. The largest absolute Gasteiger partial charge is 0.383 e. The second-order valence-electron chi connectivity index (χ2n) is 6.36. The van der Waals surface area contributed by atoms with E-state index in [1.807, 2.05) is 30.6 Å².